The van der Waals surface area contributed by atoms with E-state index in [0.29, 0.717) is 5.75 Å². The van der Waals surface area contributed by atoms with E-state index in [2.05, 4.69) is 5.32 Å². The molecule has 5 heteroatoms. The molecule has 1 aromatic carbocycles. The molecule has 1 aromatic rings. The van der Waals surface area contributed by atoms with Crippen molar-refractivity contribution in [3.05, 3.63) is 23.8 Å². The van der Waals surface area contributed by atoms with Crippen LogP contribution in [0, 0.1) is 0 Å². The van der Waals surface area contributed by atoms with E-state index in [1.807, 2.05) is 0 Å². The molecule has 0 aliphatic rings. The Morgan fingerprint density at radius 2 is 2.12 bits per heavy atom. The summed E-state index contributed by atoms with van der Waals surface area (Å²) in [5.41, 5.74) is 0.293. The van der Waals surface area contributed by atoms with E-state index in [0.717, 1.165) is 0 Å². The molecule has 16 heavy (non-hydrogen) atoms. The van der Waals surface area contributed by atoms with Gasteiger partial charge in [0.2, 0.25) is 5.91 Å². The van der Waals surface area contributed by atoms with Gasteiger partial charge in [0.15, 0.2) is 0 Å². The Hall–Kier alpha value is -2.04. The number of methoxy groups -OCH3 is 1. The standard InChI is InChI=1S/C11H13NO4/c1-3-10(13)12-9-6-7(16-2)4-5-8(9)11(14)15/h4-6H,3H2,1-2H3,(H,12,13)(H,14,15). The first-order valence-electron chi connectivity index (χ1n) is 4.79. The Morgan fingerprint density at radius 3 is 2.62 bits per heavy atom. The Bertz CT molecular complexity index is 414. The molecule has 0 fully saturated rings. The normalized spacial score (nSPS) is 9.62. The SMILES string of the molecule is CCC(=O)Nc1cc(OC)ccc1C(=O)O. The summed E-state index contributed by atoms with van der Waals surface area (Å²) in [6.45, 7) is 1.69. The first-order chi connectivity index (χ1) is 7.58. The number of nitrogens with one attached hydrogen (secondary N) is 1. The van der Waals surface area contributed by atoms with E-state index in [-0.39, 0.29) is 23.6 Å². The zero-order valence-corrected chi connectivity index (χ0v) is 9.11. The molecule has 1 amide bonds. The Morgan fingerprint density at radius 1 is 1.44 bits per heavy atom. The minimum absolute atomic E-state index is 0.0441. The predicted molar refractivity (Wildman–Crippen MR) is 58.9 cm³/mol. The fraction of sp³-hybridized carbons (Fsp3) is 0.273. The van der Waals surface area contributed by atoms with Gasteiger partial charge in [0.25, 0.3) is 0 Å². The average molecular weight is 223 g/mol. The van der Waals surface area contributed by atoms with Gasteiger partial charge in [0, 0.05) is 12.5 Å². The van der Waals surface area contributed by atoms with Crippen molar-refractivity contribution in [1.29, 1.82) is 0 Å². The van der Waals surface area contributed by atoms with Crippen LogP contribution in [-0.2, 0) is 4.79 Å². The highest BCUT2D eigenvalue weighted by atomic mass is 16.5. The van der Waals surface area contributed by atoms with Crippen LogP contribution in [0.1, 0.15) is 23.7 Å². The number of amides is 1. The van der Waals surface area contributed by atoms with Crippen LogP contribution in [0.4, 0.5) is 5.69 Å². The zero-order chi connectivity index (χ0) is 12.1. The molecule has 0 spiro atoms. The van der Waals surface area contributed by atoms with Gasteiger partial charge in [-0.1, -0.05) is 6.92 Å². The third-order valence-electron chi connectivity index (χ3n) is 2.05. The number of ether oxygens (including phenoxy) is 1. The van der Waals surface area contributed by atoms with Crippen molar-refractivity contribution >= 4 is 17.6 Å². The number of hydrogen-bond donors (Lipinski definition) is 2. The predicted octanol–water partition coefficient (Wildman–Crippen LogP) is 1.74. The molecule has 0 bridgehead atoms. The number of carbonyl (C=O) groups excluding carboxylic acids is 1. The lowest BCUT2D eigenvalue weighted by atomic mass is 10.1. The van der Waals surface area contributed by atoms with Gasteiger partial charge in [-0.05, 0) is 12.1 Å². The topological polar surface area (TPSA) is 75.6 Å². The number of carboxylic acids is 1. The van der Waals surface area contributed by atoms with Gasteiger partial charge < -0.3 is 15.2 Å². The molecular formula is C11H13NO4. The van der Waals surface area contributed by atoms with Crippen LogP contribution in [0.25, 0.3) is 0 Å². The largest absolute Gasteiger partial charge is 0.497 e. The van der Waals surface area contributed by atoms with Gasteiger partial charge in [0.05, 0.1) is 18.4 Å². The molecule has 0 aromatic heterocycles. The summed E-state index contributed by atoms with van der Waals surface area (Å²) >= 11 is 0. The fourth-order valence-electron chi connectivity index (χ4n) is 1.18. The third-order valence-corrected chi connectivity index (χ3v) is 2.05. The second-order valence-corrected chi connectivity index (χ2v) is 3.12. The Kier molecular flexibility index (Phi) is 3.88. The maximum absolute atomic E-state index is 11.2. The minimum Gasteiger partial charge on any atom is -0.497 e. The minimum atomic E-state index is -1.09. The second-order valence-electron chi connectivity index (χ2n) is 3.12. The van der Waals surface area contributed by atoms with Gasteiger partial charge in [-0.15, -0.1) is 0 Å². The first kappa shape index (κ1) is 12.0. The van der Waals surface area contributed by atoms with E-state index in [1.54, 1.807) is 6.92 Å². The molecule has 5 nitrogen and oxygen atoms in total. The number of aromatic carboxylic acids is 1. The monoisotopic (exact) mass is 223 g/mol. The number of carboxylic acid groups (broad SMARTS) is 1. The molecule has 0 unspecified atom stereocenters. The molecule has 0 heterocycles. The lowest BCUT2D eigenvalue weighted by molar-refractivity contribution is -0.115. The smallest absolute Gasteiger partial charge is 0.337 e. The summed E-state index contributed by atoms with van der Waals surface area (Å²) in [4.78, 5) is 22.1. The van der Waals surface area contributed by atoms with Crippen LogP contribution < -0.4 is 10.1 Å². The number of carbonyl (C=O) groups is 2. The molecule has 0 aliphatic carbocycles. The molecular weight excluding hydrogens is 210 g/mol. The van der Waals surface area contributed by atoms with Crippen LogP contribution >= 0.6 is 0 Å². The van der Waals surface area contributed by atoms with Gasteiger partial charge in [-0.2, -0.15) is 0 Å². The maximum Gasteiger partial charge on any atom is 0.337 e. The summed E-state index contributed by atoms with van der Waals surface area (Å²) in [5.74, 6) is -0.832. The number of hydrogen-bond acceptors (Lipinski definition) is 3. The molecule has 0 saturated heterocycles. The lowest BCUT2D eigenvalue weighted by Crippen LogP contribution is -2.13. The molecule has 0 radical (unpaired) electrons. The van der Waals surface area contributed by atoms with E-state index in [9.17, 15) is 9.59 Å². The molecule has 2 N–H and O–H groups in total. The zero-order valence-electron chi connectivity index (χ0n) is 9.11. The van der Waals surface area contributed by atoms with E-state index >= 15 is 0 Å². The summed E-state index contributed by atoms with van der Waals surface area (Å²) in [5, 5.41) is 11.4. The van der Waals surface area contributed by atoms with Crippen molar-refractivity contribution in [3.63, 3.8) is 0 Å². The van der Waals surface area contributed by atoms with E-state index < -0.39 is 5.97 Å². The number of rotatable bonds is 4. The molecule has 86 valence electrons. The second kappa shape index (κ2) is 5.16. The summed E-state index contributed by atoms with van der Waals surface area (Å²) in [6, 6.07) is 4.41. The van der Waals surface area contributed by atoms with Crippen molar-refractivity contribution in [2.24, 2.45) is 0 Å². The number of benzene rings is 1. The average Bonchev–Trinajstić information content (AvgIpc) is 2.28. The first-order valence-corrected chi connectivity index (χ1v) is 4.79. The summed E-state index contributed by atoms with van der Waals surface area (Å²) in [6.07, 6.45) is 0.288. The maximum atomic E-state index is 11.2. The van der Waals surface area contributed by atoms with Crippen LogP contribution in [0.2, 0.25) is 0 Å². The van der Waals surface area contributed by atoms with Crippen LogP contribution in [0.15, 0.2) is 18.2 Å². The highest BCUT2D eigenvalue weighted by molar-refractivity contribution is 6.00. The van der Waals surface area contributed by atoms with Crippen molar-refractivity contribution < 1.29 is 19.4 Å². The molecule has 0 aliphatic heterocycles. The van der Waals surface area contributed by atoms with Gasteiger partial charge >= 0.3 is 5.97 Å². The van der Waals surface area contributed by atoms with Crippen molar-refractivity contribution in [1.82, 2.24) is 0 Å². The Labute approximate surface area is 93.0 Å². The van der Waals surface area contributed by atoms with Crippen molar-refractivity contribution in [2.75, 3.05) is 12.4 Å². The Balaban J connectivity index is 3.10. The van der Waals surface area contributed by atoms with Crippen LogP contribution in [0.3, 0.4) is 0 Å². The fourth-order valence-corrected chi connectivity index (χ4v) is 1.18. The highest BCUT2D eigenvalue weighted by Gasteiger charge is 2.12. The summed E-state index contributed by atoms with van der Waals surface area (Å²) in [7, 11) is 1.47. The molecule has 0 saturated carbocycles. The van der Waals surface area contributed by atoms with Gasteiger partial charge in [-0.3, -0.25) is 4.79 Å². The lowest BCUT2D eigenvalue weighted by Gasteiger charge is -2.09. The molecule has 1 rings (SSSR count). The molecule has 0 atom stereocenters. The van der Waals surface area contributed by atoms with Crippen LogP contribution in [-0.4, -0.2) is 24.1 Å². The van der Waals surface area contributed by atoms with Crippen LogP contribution in [0.5, 0.6) is 5.75 Å². The van der Waals surface area contributed by atoms with E-state index in [1.165, 1.54) is 25.3 Å². The number of anilines is 1. The summed E-state index contributed by atoms with van der Waals surface area (Å²) < 4.78 is 4.96. The quantitative estimate of drug-likeness (QED) is 0.815. The van der Waals surface area contributed by atoms with Gasteiger partial charge in [0.1, 0.15) is 5.75 Å². The highest BCUT2D eigenvalue weighted by Crippen LogP contribution is 2.22. The van der Waals surface area contributed by atoms with Crippen molar-refractivity contribution in [3.8, 4) is 5.75 Å². The van der Waals surface area contributed by atoms with E-state index in [4.69, 9.17) is 9.84 Å². The van der Waals surface area contributed by atoms with Gasteiger partial charge in [-0.25, -0.2) is 4.79 Å². The van der Waals surface area contributed by atoms with Crippen molar-refractivity contribution in [2.45, 2.75) is 13.3 Å². The third kappa shape index (κ3) is 2.73.